The van der Waals surface area contributed by atoms with Crippen molar-refractivity contribution in [3.63, 3.8) is 0 Å². The molecule has 0 saturated carbocycles. The van der Waals surface area contributed by atoms with E-state index in [9.17, 15) is 18.0 Å². The van der Waals surface area contributed by atoms with Crippen molar-refractivity contribution < 1.29 is 27.1 Å². The third-order valence-electron chi connectivity index (χ3n) is 4.73. The number of halogens is 3. The summed E-state index contributed by atoms with van der Waals surface area (Å²) >= 11 is 9.22. The number of hydrogen-bond acceptors (Lipinski definition) is 5. The Kier molecular flexibility index (Phi) is 8.35. The van der Waals surface area contributed by atoms with Crippen molar-refractivity contribution >= 4 is 60.7 Å². The predicted octanol–water partition coefficient (Wildman–Crippen LogP) is 5.76. The number of ether oxygens (including phenoxy) is 1. The van der Waals surface area contributed by atoms with Crippen molar-refractivity contribution in [2.75, 3.05) is 11.6 Å². The first kappa shape index (κ1) is 27.1. The van der Waals surface area contributed by atoms with Gasteiger partial charge in [-0.1, -0.05) is 17.7 Å². The number of carbonyl (C=O) groups is 2. The van der Waals surface area contributed by atoms with Gasteiger partial charge in [-0.15, -0.1) is 0 Å². The lowest BCUT2D eigenvalue weighted by Crippen LogP contribution is -2.29. The van der Waals surface area contributed by atoms with E-state index in [1.54, 1.807) is 6.92 Å². The van der Waals surface area contributed by atoms with Gasteiger partial charge in [0.2, 0.25) is 15.9 Å². The fraction of sp³-hybridized carbons (Fsp3) is 0.125. The van der Waals surface area contributed by atoms with Crippen LogP contribution in [0.4, 0.5) is 15.8 Å². The monoisotopic (exact) mass is 593 g/mol. The Morgan fingerprint density at radius 2 is 1.89 bits per heavy atom. The lowest BCUT2D eigenvalue weighted by molar-refractivity contribution is -0.115. The Morgan fingerprint density at radius 1 is 1.17 bits per heavy atom. The molecule has 2 N–H and O–H groups in total. The summed E-state index contributed by atoms with van der Waals surface area (Å²) in [7, 11) is -3.72. The molecule has 0 spiro atoms. The van der Waals surface area contributed by atoms with Crippen molar-refractivity contribution in [2.24, 2.45) is 0 Å². The molecular formula is C24H18BrClFN3O5S. The SMILES string of the molecule is [C-]#[N+]c1cc(Cl)cc(Oc2c(Br)ccc(CC(=O)Nc3ccc(C(=O)NS(C)(=O)=O)cc3C)c2F)c1. The zero-order valence-corrected chi connectivity index (χ0v) is 22.0. The smallest absolute Gasteiger partial charge is 0.264 e. The van der Waals surface area contributed by atoms with Gasteiger partial charge in [0.15, 0.2) is 17.3 Å². The quantitative estimate of drug-likeness (QED) is 0.338. The maximum Gasteiger partial charge on any atom is 0.264 e. The van der Waals surface area contributed by atoms with Crippen LogP contribution in [-0.4, -0.2) is 26.5 Å². The summed E-state index contributed by atoms with van der Waals surface area (Å²) in [6.45, 7) is 8.75. The van der Waals surface area contributed by atoms with Crippen LogP contribution in [0.5, 0.6) is 11.5 Å². The summed E-state index contributed by atoms with van der Waals surface area (Å²) in [5, 5.41) is 2.90. The number of nitrogens with zero attached hydrogens (tertiary/aromatic N) is 1. The van der Waals surface area contributed by atoms with E-state index in [0.29, 0.717) is 15.7 Å². The highest BCUT2D eigenvalue weighted by Crippen LogP contribution is 2.37. The molecule has 0 atom stereocenters. The molecule has 0 aliphatic carbocycles. The Hall–Kier alpha value is -3.46. The van der Waals surface area contributed by atoms with Gasteiger partial charge in [0.05, 0.1) is 23.7 Å². The highest BCUT2D eigenvalue weighted by atomic mass is 79.9. The van der Waals surface area contributed by atoms with Crippen LogP contribution < -0.4 is 14.8 Å². The van der Waals surface area contributed by atoms with E-state index in [2.05, 4.69) is 26.1 Å². The third-order valence-corrected chi connectivity index (χ3v) is 6.12. The minimum Gasteiger partial charge on any atom is -0.454 e. The average Bonchev–Trinajstić information content (AvgIpc) is 2.78. The average molecular weight is 595 g/mol. The lowest BCUT2D eigenvalue weighted by atomic mass is 10.1. The van der Waals surface area contributed by atoms with Gasteiger partial charge in [-0.25, -0.2) is 22.4 Å². The molecule has 12 heteroatoms. The minimum atomic E-state index is -3.72. The van der Waals surface area contributed by atoms with Gasteiger partial charge in [-0.05, 0) is 70.9 Å². The third kappa shape index (κ3) is 7.04. The number of rotatable bonds is 7. The van der Waals surface area contributed by atoms with Crippen LogP contribution in [0.3, 0.4) is 0 Å². The fourth-order valence-corrected chi connectivity index (χ4v) is 4.19. The van der Waals surface area contributed by atoms with Gasteiger partial charge in [0, 0.05) is 21.8 Å². The summed E-state index contributed by atoms with van der Waals surface area (Å²) < 4.78 is 45.5. The molecule has 0 aliphatic rings. The number of hydrogen-bond donors (Lipinski definition) is 2. The largest absolute Gasteiger partial charge is 0.454 e. The summed E-state index contributed by atoms with van der Waals surface area (Å²) in [4.78, 5) is 27.9. The van der Waals surface area contributed by atoms with Crippen molar-refractivity contribution in [3.05, 3.63) is 92.0 Å². The predicted molar refractivity (Wildman–Crippen MR) is 138 cm³/mol. The molecule has 0 heterocycles. The van der Waals surface area contributed by atoms with Crippen molar-refractivity contribution in [1.82, 2.24) is 4.72 Å². The Bertz CT molecular complexity index is 1520. The molecule has 0 bridgehead atoms. The Labute approximate surface area is 220 Å². The molecule has 3 aromatic rings. The van der Waals surface area contributed by atoms with Gasteiger partial charge in [-0.2, -0.15) is 0 Å². The van der Waals surface area contributed by atoms with Crippen LogP contribution in [0.15, 0.2) is 53.0 Å². The molecule has 2 amide bonds. The fourth-order valence-electron chi connectivity index (χ4n) is 3.13. The topological polar surface area (TPSA) is 106 Å². The van der Waals surface area contributed by atoms with Gasteiger partial charge < -0.3 is 10.1 Å². The molecule has 0 aliphatic heterocycles. The number of amides is 2. The molecule has 0 radical (unpaired) electrons. The first-order chi connectivity index (χ1) is 16.9. The maximum atomic E-state index is 15.2. The zero-order valence-electron chi connectivity index (χ0n) is 18.9. The van der Waals surface area contributed by atoms with Crippen molar-refractivity contribution in [1.29, 1.82) is 0 Å². The number of aryl methyl sites for hydroxylation is 1. The van der Waals surface area contributed by atoms with Crippen LogP contribution in [0.25, 0.3) is 4.85 Å². The zero-order chi connectivity index (χ0) is 26.6. The second-order valence-corrected chi connectivity index (χ2v) is 10.7. The highest BCUT2D eigenvalue weighted by Gasteiger charge is 2.18. The first-order valence-electron chi connectivity index (χ1n) is 10.1. The van der Waals surface area contributed by atoms with E-state index in [4.69, 9.17) is 22.9 Å². The van der Waals surface area contributed by atoms with Gasteiger partial charge in [0.25, 0.3) is 5.91 Å². The van der Waals surface area contributed by atoms with Crippen LogP contribution in [-0.2, 0) is 21.2 Å². The maximum absolute atomic E-state index is 15.2. The molecule has 0 saturated heterocycles. The number of benzene rings is 3. The molecule has 0 unspecified atom stereocenters. The van der Waals surface area contributed by atoms with E-state index in [-0.39, 0.29) is 39.8 Å². The van der Waals surface area contributed by atoms with E-state index >= 15 is 4.39 Å². The standard InChI is InChI=1S/C24H18BrClFN3O5S/c1-13-8-15(24(32)30-36(3,33)34)5-7-20(13)29-21(31)9-14-4-6-19(25)23(22(14)27)35-18-11-16(26)10-17(12-18)28-2/h4-8,10-12H,9H2,1,3H3,(H,29,31)(H,30,32). The van der Waals surface area contributed by atoms with E-state index in [1.165, 1.54) is 48.5 Å². The number of carbonyl (C=O) groups excluding carboxylic acids is 2. The van der Waals surface area contributed by atoms with Crippen molar-refractivity contribution in [3.8, 4) is 11.5 Å². The van der Waals surface area contributed by atoms with Crippen LogP contribution in [0, 0.1) is 19.3 Å². The second-order valence-electron chi connectivity index (χ2n) is 7.67. The minimum absolute atomic E-state index is 0.0555. The summed E-state index contributed by atoms with van der Waals surface area (Å²) in [5.41, 5.74) is 1.25. The lowest BCUT2D eigenvalue weighted by Gasteiger charge is -2.14. The molecule has 3 aromatic carbocycles. The number of nitrogens with one attached hydrogen (secondary N) is 2. The summed E-state index contributed by atoms with van der Waals surface area (Å²) in [6.07, 6.45) is 0.539. The molecule has 36 heavy (non-hydrogen) atoms. The van der Waals surface area contributed by atoms with Crippen LogP contribution in [0.1, 0.15) is 21.5 Å². The summed E-state index contributed by atoms with van der Waals surface area (Å²) in [5.74, 6) is -2.11. The molecule has 0 fully saturated rings. The number of sulfonamides is 1. The number of anilines is 1. The van der Waals surface area contributed by atoms with E-state index in [1.807, 2.05) is 4.72 Å². The van der Waals surface area contributed by atoms with E-state index in [0.717, 1.165) is 6.26 Å². The molecular weight excluding hydrogens is 577 g/mol. The van der Waals surface area contributed by atoms with Crippen LogP contribution in [0.2, 0.25) is 5.02 Å². The highest BCUT2D eigenvalue weighted by molar-refractivity contribution is 9.10. The Balaban J connectivity index is 1.77. The van der Waals surface area contributed by atoms with Gasteiger partial charge in [0.1, 0.15) is 5.75 Å². The van der Waals surface area contributed by atoms with Gasteiger partial charge in [-0.3, -0.25) is 9.59 Å². The summed E-state index contributed by atoms with van der Waals surface area (Å²) in [6, 6.07) is 11.5. The molecule has 3 rings (SSSR count). The molecule has 0 aromatic heterocycles. The van der Waals surface area contributed by atoms with Gasteiger partial charge >= 0.3 is 0 Å². The molecule has 186 valence electrons. The van der Waals surface area contributed by atoms with Crippen molar-refractivity contribution in [2.45, 2.75) is 13.3 Å². The first-order valence-corrected chi connectivity index (χ1v) is 13.2. The second kappa shape index (κ2) is 11.1. The molecule has 8 nitrogen and oxygen atoms in total. The normalized spacial score (nSPS) is 10.9. The van der Waals surface area contributed by atoms with Crippen LogP contribution >= 0.6 is 27.5 Å². The Morgan fingerprint density at radius 3 is 2.53 bits per heavy atom. The van der Waals surface area contributed by atoms with E-state index < -0.39 is 27.7 Å².